The van der Waals surface area contributed by atoms with E-state index in [0.717, 1.165) is 5.19 Å². The predicted octanol–water partition coefficient (Wildman–Crippen LogP) is 2.42. The Labute approximate surface area is 125 Å². The highest BCUT2D eigenvalue weighted by Crippen LogP contribution is 2.23. The molecule has 0 atom stereocenters. The van der Waals surface area contributed by atoms with E-state index in [0.29, 0.717) is 12.1 Å². The summed E-state index contributed by atoms with van der Waals surface area (Å²) in [5.41, 5.74) is 0.619. The summed E-state index contributed by atoms with van der Waals surface area (Å²) < 4.78 is 4.69. The average molecular weight is 314 g/mol. The Kier molecular flexibility index (Phi) is 5.36. The molecule has 0 saturated carbocycles. The second kappa shape index (κ2) is 6.41. The minimum absolute atomic E-state index is 0.169. The first-order valence-electron chi connectivity index (χ1n) is 6.43. The molecule has 0 aliphatic rings. The SMILES string of the molecule is CCNC(=O)c1c([Si](C)(C)C)ccc(C(=O)OC)c1Cl. The molecule has 0 aromatic heterocycles. The zero-order chi connectivity index (χ0) is 15.5. The molecule has 0 aliphatic heterocycles. The van der Waals surface area contributed by atoms with Gasteiger partial charge in [-0.1, -0.05) is 37.3 Å². The Balaban J connectivity index is 3.54. The van der Waals surface area contributed by atoms with Gasteiger partial charge in [0, 0.05) is 6.54 Å². The van der Waals surface area contributed by atoms with Gasteiger partial charge < -0.3 is 10.1 Å². The fraction of sp³-hybridized carbons (Fsp3) is 0.429. The van der Waals surface area contributed by atoms with Crippen LogP contribution < -0.4 is 10.5 Å². The average Bonchev–Trinajstić information content (AvgIpc) is 2.36. The topological polar surface area (TPSA) is 55.4 Å². The van der Waals surface area contributed by atoms with Crippen LogP contribution in [-0.4, -0.2) is 33.6 Å². The number of hydrogen-bond acceptors (Lipinski definition) is 3. The highest BCUT2D eigenvalue weighted by Gasteiger charge is 2.28. The standard InChI is InChI=1S/C14H20ClNO3Si/c1-6-16-13(17)11-10(20(3,4)5)8-7-9(12(11)15)14(18)19-2/h7-8H,6H2,1-5H3,(H,16,17). The number of nitrogens with one attached hydrogen (secondary N) is 1. The van der Waals surface area contributed by atoms with Crippen molar-refractivity contribution in [2.75, 3.05) is 13.7 Å². The Bertz CT molecular complexity index is 538. The van der Waals surface area contributed by atoms with Gasteiger partial charge in [-0.05, 0) is 18.2 Å². The zero-order valence-electron chi connectivity index (χ0n) is 12.5. The second-order valence-corrected chi connectivity index (χ2v) is 10.9. The van der Waals surface area contributed by atoms with E-state index in [1.165, 1.54) is 7.11 Å². The van der Waals surface area contributed by atoms with Crippen molar-refractivity contribution in [1.29, 1.82) is 0 Å². The Morgan fingerprint density at radius 3 is 2.35 bits per heavy atom. The van der Waals surface area contributed by atoms with E-state index < -0.39 is 14.0 Å². The molecule has 20 heavy (non-hydrogen) atoms. The number of esters is 1. The number of amides is 1. The van der Waals surface area contributed by atoms with Crippen molar-refractivity contribution in [2.24, 2.45) is 0 Å². The maximum atomic E-state index is 12.3. The lowest BCUT2D eigenvalue weighted by Crippen LogP contribution is -2.44. The number of carbonyl (C=O) groups excluding carboxylic acids is 2. The second-order valence-electron chi connectivity index (χ2n) is 5.45. The molecule has 1 aromatic carbocycles. The molecular formula is C14H20ClNO3Si. The van der Waals surface area contributed by atoms with Gasteiger partial charge in [-0.3, -0.25) is 4.79 Å². The number of carbonyl (C=O) groups is 2. The molecule has 0 bridgehead atoms. The Morgan fingerprint density at radius 2 is 1.90 bits per heavy atom. The van der Waals surface area contributed by atoms with Crippen LogP contribution in [0, 0.1) is 0 Å². The minimum atomic E-state index is -1.77. The lowest BCUT2D eigenvalue weighted by molar-refractivity contribution is 0.0601. The summed E-state index contributed by atoms with van der Waals surface area (Å²) in [4.78, 5) is 24.0. The molecule has 0 fully saturated rings. The zero-order valence-corrected chi connectivity index (χ0v) is 14.2. The number of halogens is 1. The van der Waals surface area contributed by atoms with Gasteiger partial charge >= 0.3 is 5.97 Å². The van der Waals surface area contributed by atoms with Crippen LogP contribution in [0.1, 0.15) is 27.6 Å². The van der Waals surface area contributed by atoms with Crippen molar-refractivity contribution in [2.45, 2.75) is 26.6 Å². The van der Waals surface area contributed by atoms with Gasteiger partial charge in [0.25, 0.3) is 5.91 Å². The summed E-state index contributed by atoms with van der Waals surface area (Å²) in [5, 5.41) is 3.85. The third-order valence-corrected chi connectivity index (χ3v) is 5.34. The number of methoxy groups -OCH3 is 1. The van der Waals surface area contributed by atoms with Crippen molar-refractivity contribution in [1.82, 2.24) is 5.32 Å². The van der Waals surface area contributed by atoms with Gasteiger partial charge in [0.1, 0.15) is 0 Å². The Morgan fingerprint density at radius 1 is 1.30 bits per heavy atom. The molecule has 0 heterocycles. The lowest BCUT2D eigenvalue weighted by atomic mass is 10.1. The largest absolute Gasteiger partial charge is 0.465 e. The van der Waals surface area contributed by atoms with E-state index in [1.807, 2.05) is 13.0 Å². The van der Waals surface area contributed by atoms with Crippen LogP contribution in [0.2, 0.25) is 24.7 Å². The van der Waals surface area contributed by atoms with Gasteiger partial charge in [-0.2, -0.15) is 0 Å². The molecule has 1 aromatic rings. The number of rotatable bonds is 4. The molecule has 0 spiro atoms. The van der Waals surface area contributed by atoms with Gasteiger partial charge in [0.05, 0.1) is 31.3 Å². The summed E-state index contributed by atoms with van der Waals surface area (Å²) in [6.45, 7) is 8.71. The van der Waals surface area contributed by atoms with Crippen LogP contribution in [0.4, 0.5) is 0 Å². The molecule has 0 aliphatic carbocycles. The van der Waals surface area contributed by atoms with Crippen molar-refractivity contribution in [3.8, 4) is 0 Å². The molecule has 0 radical (unpaired) electrons. The molecule has 0 saturated heterocycles. The van der Waals surface area contributed by atoms with Crippen LogP contribution in [0.3, 0.4) is 0 Å². The molecule has 1 rings (SSSR count). The summed E-state index contributed by atoms with van der Waals surface area (Å²) in [6, 6.07) is 3.44. The smallest absolute Gasteiger partial charge is 0.339 e. The molecule has 1 amide bonds. The van der Waals surface area contributed by atoms with Crippen LogP contribution in [-0.2, 0) is 4.74 Å². The van der Waals surface area contributed by atoms with Crippen LogP contribution >= 0.6 is 11.6 Å². The number of ether oxygens (including phenoxy) is 1. The van der Waals surface area contributed by atoms with Crippen molar-refractivity contribution in [3.63, 3.8) is 0 Å². The summed E-state index contributed by atoms with van der Waals surface area (Å²) in [7, 11) is -0.478. The van der Waals surface area contributed by atoms with E-state index in [4.69, 9.17) is 16.3 Å². The third-order valence-electron chi connectivity index (χ3n) is 2.92. The minimum Gasteiger partial charge on any atom is -0.465 e. The van der Waals surface area contributed by atoms with E-state index in [-0.39, 0.29) is 16.5 Å². The van der Waals surface area contributed by atoms with Gasteiger partial charge in [0.2, 0.25) is 0 Å². The first kappa shape index (κ1) is 16.7. The molecule has 6 heteroatoms. The van der Waals surface area contributed by atoms with E-state index >= 15 is 0 Å². The Hall–Kier alpha value is -1.33. The molecular weight excluding hydrogens is 294 g/mol. The normalized spacial score (nSPS) is 11.1. The highest BCUT2D eigenvalue weighted by molar-refractivity contribution is 6.89. The number of hydrogen-bond donors (Lipinski definition) is 1. The van der Waals surface area contributed by atoms with Gasteiger partial charge in [0.15, 0.2) is 0 Å². The number of benzene rings is 1. The molecule has 110 valence electrons. The van der Waals surface area contributed by atoms with E-state index in [1.54, 1.807) is 6.07 Å². The first-order chi connectivity index (χ1) is 9.23. The summed E-state index contributed by atoms with van der Waals surface area (Å²) >= 11 is 6.28. The maximum absolute atomic E-state index is 12.3. The molecule has 4 nitrogen and oxygen atoms in total. The van der Waals surface area contributed by atoms with Gasteiger partial charge in [-0.25, -0.2) is 4.79 Å². The quantitative estimate of drug-likeness (QED) is 0.686. The van der Waals surface area contributed by atoms with Crippen LogP contribution in [0.5, 0.6) is 0 Å². The fourth-order valence-electron chi connectivity index (χ4n) is 1.94. The summed E-state index contributed by atoms with van der Waals surface area (Å²) in [6.07, 6.45) is 0. The monoisotopic (exact) mass is 313 g/mol. The maximum Gasteiger partial charge on any atom is 0.339 e. The third kappa shape index (κ3) is 3.40. The van der Waals surface area contributed by atoms with Crippen LogP contribution in [0.25, 0.3) is 0 Å². The summed E-state index contributed by atoms with van der Waals surface area (Å²) in [5.74, 6) is -0.789. The fourth-order valence-corrected chi connectivity index (χ4v) is 3.92. The van der Waals surface area contributed by atoms with E-state index in [9.17, 15) is 9.59 Å². The molecule has 0 unspecified atom stereocenters. The van der Waals surface area contributed by atoms with Crippen molar-refractivity contribution in [3.05, 3.63) is 28.3 Å². The lowest BCUT2D eigenvalue weighted by Gasteiger charge is -2.22. The molecule has 1 N–H and O–H groups in total. The predicted molar refractivity (Wildman–Crippen MR) is 83.8 cm³/mol. The van der Waals surface area contributed by atoms with E-state index in [2.05, 4.69) is 25.0 Å². The van der Waals surface area contributed by atoms with Crippen molar-refractivity contribution >= 4 is 36.7 Å². The highest BCUT2D eigenvalue weighted by atomic mass is 35.5. The van der Waals surface area contributed by atoms with Crippen molar-refractivity contribution < 1.29 is 14.3 Å². The van der Waals surface area contributed by atoms with Crippen LogP contribution in [0.15, 0.2) is 12.1 Å². The first-order valence-corrected chi connectivity index (χ1v) is 10.3. The van der Waals surface area contributed by atoms with Gasteiger partial charge in [-0.15, -0.1) is 0 Å².